The Morgan fingerprint density at radius 2 is 1.64 bits per heavy atom. The van der Waals surface area contributed by atoms with Crippen LogP contribution in [0.15, 0.2) is 0 Å². The van der Waals surface area contributed by atoms with E-state index in [2.05, 4.69) is 20.8 Å². The minimum atomic E-state index is -1.59. The fraction of sp³-hybridized carbons (Fsp3) is 1.00. The molecule has 7 aliphatic rings. The Bertz CT molecular complexity index is 1080. The maximum absolute atomic E-state index is 12.2. The first-order valence-corrected chi connectivity index (χ1v) is 17.1. The summed E-state index contributed by atoms with van der Waals surface area (Å²) in [6.45, 7) is 9.10. The first kappa shape index (κ1) is 32.1. The summed E-state index contributed by atoms with van der Waals surface area (Å²) < 4.78 is 25.0. The molecule has 19 atom stereocenters. The van der Waals surface area contributed by atoms with Gasteiger partial charge in [-0.3, -0.25) is 0 Å². The largest absolute Gasteiger partial charge is 0.394 e. The molecule has 4 saturated carbocycles. The van der Waals surface area contributed by atoms with Crippen molar-refractivity contribution in [3.63, 3.8) is 0 Å². The summed E-state index contributed by atoms with van der Waals surface area (Å²) in [5.41, 5.74) is -2.30. The Labute approximate surface area is 259 Å². The molecule has 0 aromatic carbocycles. The summed E-state index contributed by atoms with van der Waals surface area (Å²) in [4.78, 5) is 0. The zero-order valence-corrected chi connectivity index (χ0v) is 26.5. The highest BCUT2D eigenvalue weighted by Gasteiger charge is 2.72. The molecule has 1 spiro atoms. The van der Waals surface area contributed by atoms with E-state index >= 15 is 0 Å². The van der Waals surface area contributed by atoms with Crippen molar-refractivity contribution in [3.8, 4) is 0 Å². The van der Waals surface area contributed by atoms with Crippen LogP contribution < -0.4 is 0 Å². The predicted molar refractivity (Wildman–Crippen MR) is 155 cm³/mol. The normalized spacial score (nSPS) is 62.1. The molecule has 4 aliphatic carbocycles. The molecule has 3 heterocycles. The fourth-order valence-electron chi connectivity index (χ4n) is 11.8. The van der Waals surface area contributed by atoms with Gasteiger partial charge in [-0.05, 0) is 73.5 Å². The van der Waals surface area contributed by atoms with E-state index in [-0.39, 0.29) is 42.1 Å². The van der Waals surface area contributed by atoms with Gasteiger partial charge in [0.2, 0.25) is 0 Å². The van der Waals surface area contributed by atoms with Gasteiger partial charge in [0.15, 0.2) is 12.1 Å². The van der Waals surface area contributed by atoms with Gasteiger partial charge in [-0.1, -0.05) is 27.7 Å². The molecule has 11 heteroatoms. The van der Waals surface area contributed by atoms with Crippen molar-refractivity contribution >= 4 is 0 Å². The molecular weight excluding hydrogens is 572 g/mol. The highest BCUT2D eigenvalue weighted by Crippen LogP contribution is 2.72. The molecule has 0 radical (unpaired) electrons. The lowest BCUT2D eigenvalue weighted by Gasteiger charge is -2.66. The minimum absolute atomic E-state index is 0.0210. The molecule has 0 aromatic rings. The van der Waals surface area contributed by atoms with Gasteiger partial charge in [0.05, 0.1) is 43.2 Å². The van der Waals surface area contributed by atoms with E-state index in [1.807, 2.05) is 6.92 Å². The lowest BCUT2D eigenvalue weighted by Crippen LogP contribution is -2.71. The number of rotatable bonds is 3. The first-order chi connectivity index (χ1) is 20.7. The van der Waals surface area contributed by atoms with Gasteiger partial charge in [-0.25, -0.2) is 0 Å². The van der Waals surface area contributed by atoms with Crippen molar-refractivity contribution in [1.82, 2.24) is 0 Å². The minimum Gasteiger partial charge on any atom is -0.394 e. The molecule has 0 unspecified atom stereocenters. The lowest BCUT2D eigenvalue weighted by atomic mass is 9.42. The van der Waals surface area contributed by atoms with Crippen LogP contribution in [-0.4, -0.2) is 115 Å². The van der Waals surface area contributed by atoms with Crippen molar-refractivity contribution in [1.29, 1.82) is 0 Å². The van der Waals surface area contributed by atoms with Crippen LogP contribution in [0.1, 0.15) is 79.1 Å². The maximum atomic E-state index is 12.2. The van der Waals surface area contributed by atoms with Crippen LogP contribution in [0.4, 0.5) is 0 Å². The highest BCUT2D eigenvalue weighted by molar-refractivity contribution is 5.20. The molecule has 44 heavy (non-hydrogen) atoms. The average Bonchev–Trinajstić information content (AvgIpc) is 3.42. The smallest absolute Gasteiger partial charge is 0.187 e. The van der Waals surface area contributed by atoms with Crippen LogP contribution >= 0.6 is 0 Å². The molecule has 0 amide bonds. The SMILES string of the molecule is C[C@@H]1CC[C@@]2(OC1)O[C@H]1C[C@H]3[C@@H]4C[C@H](O)[C@@]5(O)C[C@@H](O)[C@H](O[C@@H]6O[C@H](CO)[C@@H](O)[C@H](O)[C@H]6O)C[C@]5(C)[C@H]4CC[C@]3(C)[C@H]1[C@@H]2C. The topological polar surface area (TPSA) is 179 Å². The van der Waals surface area contributed by atoms with Crippen LogP contribution in [0.25, 0.3) is 0 Å². The van der Waals surface area contributed by atoms with Crippen molar-refractivity contribution in [2.75, 3.05) is 13.2 Å². The Kier molecular flexibility index (Phi) is 7.87. The molecule has 7 fully saturated rings. The van der Waals surface area contributed by atoms with E-state index in [1.165, 1.54) is 0 Å². The Morgan fingerprint density at radius 3 is 2.32 bits per heavy atom. The summed E-state index contributed by atoms with van der Waals surface area (Å²) in [5.74, 6) is 1.21. The number of ether oxygens (including phenoxy) is 4. The summed E-state index contributed by atoms with van der Waals surface area (Å²) in [5, 5.41) is 75.7. The van der Waals surface area contributed by atoms with E-state index < -0.39 is 72.4 Å². The van der Waals surface area contributed by atoms with E-state index in [9.17, 15) is 35.7 Å². The Morgan fingerprint density at radius 1 is 0.886 bits per heavy atom. The van der Waals surface area contributed by atoms with Crippen molar-refractivity contribution in [2.24, 2.45) is 46.3 Å². The van der Waals surface area contributed by atoms with Crippen molar-refractivity contribution in [3.05, 3.63) is 0 Å². The second kappa shape index (κ2) is 10.8. The zero-order chi connectivity index (χ0) is 31.6. The number of fused-ring (bicyclic) bond motifs is 7. The molecule has 252 valence electrons. The van der Waals surface area contributed by atoms with Crippen molar-refractivity contribution < 1.29 is 54.7 Å². The van der Waals surface area contributed by atoms with Gasteiger partial charge >= 0.3 is 0 Å². The van der Waals surface area contributed by atoms with E-state index in [0.29, 0.717) is 24.2 Å². The summed E-state index contributed by atoms with van der Waals surface area (Å²) in [6.07, 6.45) is -4.77. The van der Waals surface area contributed by atoms with Crippen LogP contribution in [0, 0.1) is 46.3 Å². The fourth-order valence-corrected chi connectivity index (χ4v) is 11.8. The Balaban J connectivity index is 1.13. The molecule has 7 N–H and O–H groups in total. The third kappa shape index (κ3) is 4.34. The van der Waals surface area contributed by atoms with Crippen LogP contribution in [-0.2, 0) is 18.9 Å². The van der Waals surface area contributed by atoms with Crippen molar-refractivity contribution in [2.45, 2.75) is 146 Å². The van der Waals surface area contributed by atoms with Gasteiger partial charge in [0.1, 0.15) is 24.4 Å². The van der Waals surface area contributed by atoms with Crippen LogP contribution in [0.5, 0.6) is 0 Å². The summed E-state index contributed by atoms with van der Waals surface area (Å²) in [7, 11) is 0. The number of aliphatic hydroxyl groups excluding tert-OH is 6. The van der Waals surface area contributed by atoms with Gasteiger partial charge < -0.3 is 54.7 Å². The quantitative estimate of drug-likeness (QED) is 0.219. The third-order valence-electron chi connectivity index (χ3n) is 14.3. The first-order valence-electron chi connectivity index (χ1n) is 17.1. The highest BCUT2D eigenvalue weighted by atomic mass is 16.7. The summed E-state index contributed by atoms with van der Waals surface area (Å²) >= 11 is 0. The van der Waals surface area contributed by atoms with Gasteiger partial charge in [0, 0.05) is 24.2 Å². The number of hydrogen-bond donors (Lipinski definition) is 7. The number of hydrogen-bond acceptors (Lipinski definition) is 11. The second-order valence-corrected chi connectivity index (χ2v) is 16.3. The molecular formula is C33H54O11. The average molecular weight is 627 g/mol. The molecule has 7 rings (SSSR count). The monoisotopic (exact) mass is 626 g/mol. The number of aliphatic hydroxyl groups is 7. The Hall–Kier alpha value is -0.440. The molecule has 3 aliphatic heterocycles. The van der Waals surface area contributed by atoms with E-state index in [0.717, 1.165) is 38.7 Å². The molecule has 0 aromatic heterocycles. The maximum Gasteiger partial charge on any atom is 0.187 e. The third-order valence-corrected chi connectivity index (χ3v) is 14.3. The van der Waals surface area contributed by atoms with Crippen LogP contribution in [0.3, 0.4) is 0 Å². The zero-order valence-electron chi connectivity index (χ0n) is 26.5. The van der Waals surface area contributed by atoms with Crippen LogP contribution in [0.2, 0.25) is 0 Å². The molecule has 0 bridgehead atoms. The second-order valence-electron chi connectivity index (χ2n) is 16.3. The van der Waals surface area contributed by atoms with E-state index in [4.69, 9.17) is 18.9 Å². The summed E-state index contributed by atoms with van der Waals surface area (Å²) in [6, 6.07) is 0. The van der Waals surface area contributed by atoms with Gasteiger partial charge in [-0.2, -0.15) is 0 Å². The van der Waals surface area contributed by atoms with Gasteiger partial charge in [0.25, 0.3) is 0 Å². The van der Waals surface area contributed by atoms with Gasteiger partial charge in [-0.15, -0.1) is 0 Å². The molecule has 11 nitrogen and oxygen atoms in total. The molecule has 3 saturated heterocycles. The standard InChI is InChI=1S/C33H54O11/c1-15-5-8-33(41-14-15)16(2)25-21(44-33)10-19-17-9-24(36)32(40)11-20(35)22(12-31(32,4)18(17)6-7-30(19,25)3)42-29-28(39)27(38)26(37)23(13-34)43-29/h15-29,34-40H,5-14H2,1-4H3/t15-,16+,17-,18+,19+,20-,21+,22-,23-,24+,25+,26-,27+,28-,29-,30+,31-,32+,33-/m1/s1. The lowest BCUT2D eigenvalue weighted by molar-refractivity contribution is -0.339. The predicted octanol–water partition coefficient (Wildman–Crippen LogP) is 0.675. The van der Waals surface area contributed by atoms with E-state index in [1.54, 1.807) is 0 Å².